The van der Waals surface area contributed by atoms with Crippen LogP contribution in [0.4, 0.5) is 5.69 Å². The highest BCUT2D eigenvalue weighted by Gasteiger charge is 2.22. The predicted octanol–water partition coefficient (Wildman–Crippen LogP) is 2.05. The summed E-state index contributed by atoms with van der Waals surface area (Å²) in [4.78, 5) is 5.40. The van der Waals surface area contributed by atoms with E-state index >= 15 is 0 Å². The molecule has 2 aromatic carbocycles. The molecule has 0 unspecified atom stereocenters. The lowest BCUT2D eigenvalue weighted by atomic mass is 10.2. The minimum Gasteiger partial charge on any atom is -0.366 e. The standard InChI is InChI=1S/C14H14N4O/c15-14-13(11-7-3-1-4-8-11)17-18(19-14)16-12-9-5-2-6-10-12/h1-10,16-17H,15H2. The zero-order chi connectivity index (χ0) is 13.1. The highest BCUT2D eigenvalue weighted by Crippen LogP contribution is 2.21. The number of nitrogens with two attached hydrogens (primary N) is 1. The number of benzene rings is 2. The van der Waals surface area contributed by atoms with Crippen molar-refractivity contribution in [2.24, 2.45) is 5.73 Å². The molecule has 0 spiro atoms. The quantitative estimate of drug-likeness (QED) is 0.782. The summed E-state index contributed by atoms with van der Waals surface area (Å²) in [5.41, 5.74) is 14.6. The molecular formula is C14H14N4O. The first-order chi connectivity index (χ1) is 9.33. The fourth-order valence-electron chi connectivity index (χ4n) is 1.82. The molecule has 5 nitrogen and oxygen atoms in total. The van der Waals surface area contributed by atoms with E-state index < -0.39 is 0 Å². The van der Waals surface area contributed by atoms with Crippen LogP contribution in [-0.2, 0) is 4.84 Å². The summed E-state index contributed by atoms with van der Waals surface area (Å²) >= 11 is 0. The van der Waals surface area contributed by atoms with Gasteiger partial charge in [-0.1, -0.05) is 48.5 Å². The SMILES string of the molecule is NC1=C(c2ccccc2)NN(Nc2ccccc2)O1. The van der Waals surface area contributed by atoms with E-state index in [0.29, 0.717) is 5.88 Å². The van der Waals surface area contributed by atoms with Crippen LogP contribution in [0.1, 0.15) is 5.56 Å². The lowest BCUT2D eigenvalue weighted by molar-refractivity contribution is -0.103. The van der Waals surface area contributed by atoms with Gasteiger partial charge in [-0.15, -0.1) is 0 Å². The van der Waals surface area contributed by atoms with Gasteiger partial charge >= 0.3 is 0 Å². The Morgan fingerprint density at radius 1 is 0.947 bits per heavy atom. The second-order valence-electron chi connectivity index (χ2n) is 4.08. The molecule has 0 atom stereocenters. The molecule has 0 saturated heterocycles. The van der Waals surface area contributed by atoms with Crippen LogP contribution in [0, 0.1) is 0 Å². The third kappa shape index (κ3) is 2.46. The van der Waals surface area contributed by atoms with Crippen molar-refractivity contribution in [1.29, 1.82) is 0 Å². The third-order valence-corrected chi connectivity index (χ3v) is 2.72. The summed E-state index contributed by atoms with van der Waals surface area (Å²) in [5, 5.41) is 1.38. The van der Waals surface area contributed by atoms with Gasteiger partial charge in [0.25, 0.3) is 0 Å². The van der Waals surface area contributed by atoms with E-state index in [9.17, 15) is 0 Å². The summed E-state index contributed by atoms with van der Waals surface area (Å²) < 4.78 is 0. The molecule has 0 amide bonds. The maximum atomic E-state index is 5.87. The van der Waals surface area contributed by atoms with Crippen LogP contribution in [0.3, 0.4) is 0 Å². The minimum absolute atomic E-state index is 0.328. The Labute approximate surface area is 111 Å². The van der Waals surface area contributed by atoms with E-state index in [1.807, 2.05) is 60.7 Å². The highest BCUT2D eigenvalue weighted by atomic mass is 16.8. The van der Waals surface area contributed by atoms with Crippen LogP contribution in [0.15, 0.2) is 66.5 Å². The highest BCUT2D eigenvalue weighted by molar-refractivity contribution is 5.66. The number of rotatable bonds is 3. The molecular weight excluding hydrogens is 240 g/mol. The lowest BCUT2D eigenvalue weighted by Gasteiger charge is -2.17. The summed E-state index contributed by atoms with van der Waals surface area (Å²) in [5.74, 6) is 0.328. The maximum absolute atomic E-state index is 5.87. The molecule has 0 bridgehead atoms. The predicted molar refractivity (Wildman–Crippen MR) is 73.7 cm³/mol. The van der Waals surface area contributed by atoms with Gasteiger partial charge in [0.1, 0.15) is 5.70 Å². The fourth-order valence-corrected chi connectivity index (χ4v) is 1.82. The Kier molecular flexibility index (Phi) is 2.96. The number of hydrogen-bond donors (Lipinski definition) is 3. The van der Waals surface area contributed by atoms with Gasteiger partial charge in [0, 0.05) is 10.8 Å². The van der Waals surface area contributed by atoms with Crippen LogP contribution < -0.4 is 16.6 Å². The molecule has 0 fully saturated rings. The zero-order valence-corrected chi connectivity index (χ0v) is 10.2. The number of anilines is 1. The van der Waals surface area contributed by atoms with Gasteiger partial charge < -0.3 is 10.6 Å². The average molecular weight is 254 g/mol. The number of para-hydroxylation sites is 1. The van der Waals surface area contributed by atoms with E-state index in [2.05, 4.69) is 10.9 Å². The van der Waals surface area contributed by atoms with Crippen LogP contribution in [-0.4, -0.2) is 5.28 Å². The van der Waals surface area contributed by atoms with Crippen molar-refractivity contribution in [1.82, 2.24) is 10.7 Å². The molecule has 3 rings (SSSR count). The van der Waals surface area contributed by atoms with E-state index in [4.69, 9.17) is 10.6 Å². The number of hydrogen-bond acceptors (Lipinski definition) is 5. The zero-order valence-electron chi connectivity index (χ0n) is 10.2. The Bertz CT molecular complexity index is 583. The maximum Gasteiger partial charge on any atom is 0.240 e. The molecule has 5 heteroatoms. The molecule has 0 saturated carbocycles. The van der Waals surface area contributed by atoms with Crippen molar-refractivity contribution in [3.8, 4) is 0 Å². The number of nitrogens with one attached hydrogen (secondary N) is 2. The van der Waals surface area contributed by atoms with Crippen molar-refractivity contribution in [3.05, 3.63) is 72.1 Å². The van der Waals surface area contributed by atoms with Crippen molar-refractivity contribution in [3.63, 3.8) is 0 Å². The second kappa shape index (κ2) is 4.91. The molecule has 1 heterocycles. The number of hydrazine groups is 2. The van der Waals surface area contributed by atoms with Crippen molar-refractivity contribution >= 4 is 11.4 Å². The van der Waals surface area contributed by atoms with Gasteiger partial charge in [-0.05, 0) is 12.1 Å². The van der Waals surface area contributed by atoms with E-state index in [1.165, 1.54) is 5.28 Å². The van der Waals surface area contributed by atoms with Crippen LogP contribution in [0.2, 0.25) is 0 Å². The summed E-state index contributed by atoms with van der Waals surface area (Å²) in [6.07, 6.45) is 0. The summed E-state index contributed by atoms with van der Waals surface area (Å²) in [7, 11) is 0. The molecule has 0 radical (unpaired) electrons. The second-order valence-corrected chi connectivity index (χ2v) is 4.08. The van der Waals surface area contributed by atoms with Crippen molar-refractivity contribution in [2.75, 3.05) is 5.43 Å². The molecule has 19 heavy (non-hydrogen) atoms. The van der Waals surface area contributed by atoms with Gasteiger partial charge in [-0.25, -0.2) is 0 Å². The van der Waals surface area contributed by atoms with Crippen molar-refractivity contribution < 1.29 is 4.84 Å². The van der Waals surface area contributed by atoms with Crippen LogP contribution >= 0.6 is 0 Å². The molecule has 2 aromatic rings. The third-order valence-electron chi connectivity index (χ3n) is 2.72. The van der Waals surface area contributed by atoms with E-state index in [-0.39, 0.29) is 0 Å². The minimum atomic E-state index is 0.328. The van der Waals surface area contributed by atoms with Gasteiger partial charge in [0.15, 0.2) is 0 Å². The normalized spacial score (nSPS) is 14.9. The fraction of sp³-hybridized carbons (Fsp3) is 0. The van der Waals surface area contributed by atoms with E-state index in [1.54, 1.807) is 0 Å². The molecule has 96 valence electrons. The van der Waals surface area contributed by atoms with Gasteiger partial charge in [0.2, 0.25) is 5.88 Å². The van der Waals surface area contributed by atoms with Gasteiger partial charge in [0.05, 0.1) is 5.69 Å². The van der Waals surface area contributed by atoms with E-state index in [0.717, 1.165) is 16.9 Å². The Hall–Kier alpha value is -2.66. The topological polar surface area (TPSA) is 62.5 Å². The molecule has 4 N–H and O–H groups in total. The lowest BCUT2D eigenvalue weighted by Crippen LogP contribution is -2.36. The Morgan fingerprint density at radius 3 is 2.26 bits per heavy atom. The van der Waals surface area contributed by atoms with Gasteiger partial charge in [-0.2, -0.15) is 0 Å². The first kappa shape index (κ1) is 11.4. The van der Waals surface area contributed by atoms with Crippen LogP contribution in [0.5, 0.6) is 0 Å². The first-order valence-corrected chi connectivity index (χ1v) is 5.94. The monoisotopic (exact) mass is 254 g/mol. The Morgan fingerprint density at radius 2 is 1.58 bits per heavy atom. The smallest absolute Gasteiger partial charge is 0.240 e. The molecule has 1 aliphatic heterocycles. The molecule has 0 aliphatic carbocycles. The van der Waals surface area contributed by atoms with Crippen LogP contribution in [0.25, 0.3) is 5.70 Å². The summed E-state index contributed by atoms with van der Waals surface area (Å²) in [6, 6.07) is 19.5. The largest absolute Gasteiger partial charge is 0.366 e. The number of nitrogens with zero attached hydrogens (tertiary/aromatic N) is 1. The molecule has 0 aromatic heterocycles. The van der Waals surface area contributed by atoms with Gasteiger partial charge in [-0.3, -0.25) is 10.9 Å². The molecule has 1 aliphatic rings. The first-order valence-electron chi connectivity index (χ1n) is 5.94. The van der Waals surface area contributed by atoms with Crippen molar-refractivity contribution in [2.45, 2.75) is 0 Å². The Balaban J connectivity index is 1.72. The summed E-state index contributed by atoms with van der Waals surface area (Å²) in [6.45, 7) is 0. The average Bonchev–Trinajstić information content (AvgIpc) is 2.82.